The van der Waals surface area contributed by atoms with Crippen LogP contribution in [0.4, 0.5) is 0 Å². The van der Waals surface area contributed by atoms with Crippen LogP contribution in [0.3, 0.4) is 0 Å². The van der Waals surface area contributed by atoms with Crippen molar-refractivity contribution in [3.05, 3.63) is 70.9 Å². The van der Waals surface area contributed by atoms with E-state index in [1.54, 1.807) is 11.8 Å². The predicted octanol–water partition coefficient (Wildman–Crippen LogP) is 4.45. The van der Waals surface area contributed by atoms with Crippen LogP contribution in [0, 0.1) is 0 Å². The van der Waals surface area contributed by atoms with E-state index >= 15 is 0 Å². The van der Waals surface area contributed by atoms with Gasteiger partial charge in [-0.3, -0.25) is 9.36 Å². The topological polar surface area (TPSA) is 52.2 Å². The molecule has 1 fully saturated rings. The van der Waals surface area contributed by atoms with Crippen LogP contribution < -0.4 is 5.56 Å². The normalized spacial score (nSPS) is 15.1. The minimum Gasteiger partial charge on any atom is -0.307 e. The molecule has 0 radical (unpaired) electrons. The molecule has 3 aromatic heterocycles. The Balaban J connectivity index is 1.54. The van der Waals surface area contributed by atoms with Crippen molar-refractivity contribution < 1.29 is 0 Å². The van der Waals surface area contributed by atoms with Crippen LogP contribution in [0.1, 0.15) is 37.4 Å². The van der Waals surface area contributed by atoms with Crippen molar-refractivity contribution in [1.82, 2.24) is 18.9 Å². The van der Waals surface area contributed by atoms with E-state index in [9.17, 15) is 4.79 Å². The Bertz CT molecular complexity index is 1140. The van der Waals surface area contributed by atoms with E-state index in [1.165, 1.54) is 12.8 Å². The van der Waals surface area contributed by atoms with Crippen molar-refractivity contribution in [2.24, 2.45) is 0 Å². The molecule has 5 nitrogen and oxygen atoms in total. The molecular formula is C21H20N4OS. The summed E-state index contributed by atoms with van der Waals surface area (Å²) >= 11 is 1.61. The molecule has 0 saturated heterocycles. The average molecular weight is 376 g/mol. The van der Waals surface area contributed by atoms with E-state index in [1.807, 2.05) is 63.8 Å². The molecule has 0 amide bonds. The first kappa shape index (κ1) is 16.6. The molecule has 1 aliphatic rings. The summed E-state index contributed by atoms with van der Waals surface area (Å²) in [7, 11) is 0. The van der Waals surface area contributed by atoms with Crippen LogP contribution in [-0.4, -0.2) is 18.9 Å². The second-order valence-electron chi connectivity index (χ2n) is 7.01. The molecule has 3 heterocycles. The number of thioether (sulfide) groups is 1. The quantitative estimate of drug-likeness (QED) is 0.390. The number of pyridine rings is 1. The van der Waals surface area contributed by atoms with Gasteiger partial charge in [0.05, 0.1) is 16.6 Å². The lowest BCUT2D eigenvalue weighted by Gasteiger charge is -2.18. The summed E-state index contributed by atoms with van der Waals surface area (Å²) in [5.74, 6) is 0.694. The summed E-state index contributed by atoms with van der Waals surface area (Å²) in [5.41, 5.74) is 2.79. The maximum absolute atomic E-state index is 13.2. The van der Waals surface area contributed by atoms with Gasteiger partial charge in [0, 0.05) is 24.2 Å². The van der Waals surface area contributed by atoms with Crippen molar-refractivity contribution in [3.8, 4) is 0 Å². The summed E-state index contributed by atoms with van der Waals surface area (Å²) in [4.78, 5) is 22.7. The second kappa shape index (κ2) is 6.85. The molecule has 0 spiro atoms. The van der Waals surface area contributed by atoms with Crippen molar-refractivity contribution in [1.29, 1.82) is 0 Å². The number of nitrogens with zero attached hydrogens (tertiary/aromatic N) is 4. The minimum atomic E-state index is 0.0880. The predicted molar refractivity (Wildman–Crippen MR) is 108 cm³/mol. The first-order valence-electron chi connectivity index (χ1n) is 9.36. The number of para-hydroxylation sites is 1. The van der Waals surface area contributed by atoms with Gasteiger partial charge in [-0.2, -0.15) is 0 Å². The van der Waals surface area contributed by atoms with Gasteiger partial charge in [-0.25, -0.2) is 9.97 Å². The highest BCUT2D eigenvalue weighted by atomic mass is 32.2. The first-order chi connectivity index (χ1) is 13.3. The van der Waals surface area contributed by atoms with Crippen LogP contribution in [0.25, 0.3) is 16.6 Å². The second-order valence-corrected chi connectivity index (χ2v) is 7.95. The molecule has 1 aromatic carbocycles. The Morgan fingerprint density at radius 2 is 1.85 bits per heavy atom. The fourth-order valence-electron chi connectivity index (χ4n) is 3.91. The van der Waals surface area contributed by atoms with Crippen LogP contribution in [-0.2, 0) is 5.75 Å². The lowest BCUT2D eigenvalue weighted by atomic mass is 10.2. The van der Waals surface area contributed by atoms with Crippen LogP contribution in [0.2, 0.25) is 0 Å². The lowest BCUT2D eigenvalue weighted by Crippen LogP contribution is -2.26. The molecule has 0 aliphatic heterocycles. The van der Waals surface area contributed by atoms with E-state index in [4.69, 9.17) is 4.98 Å². The van der Waals surface area contributed by atoms with Crippen LogP contribution in [0.5, 0.6) is 0 Å². The van der Waals surface area contributed by atoms with Crippen molar-refractivity contribution >= 4 is 28.3 Å². The smallest absolute Gasteiger partial charge is 0.262 e. The molecule has 1 aliphatic carbocycles. The SMILES string of the molecule is O=c1c2ccccc2nc(SCc2cn3ccccc3n2)n1C1CCCC1. The van der Waals surface area contributed by atoms with Gasteiger partial charge in [0.15, 0.2) is 5.16 Å². The fourth-order valence-corrected chi connectivity index (χ4v) is 4.86. The van der Waals surface area contributed by atoms with Gasteiger partial charge in [0.25, 0.3) is 5.56 Å². The van der Waals surface area contributed by atoms with E-state index in [-0.39, 0.29) is 11.6 Å². The molecule has 0 N–H and O–H groups in total. The van der Waals surface area contributed by atoms with Gasteiger partial charge in [-0.15, -0.1) is 0 Å². The summed E-state index contributed by atoms with van der Waals surface area (Å²) in [5, 5.41) is 1.52. The zero-order chi connectivity index (χ0) is 18.2. The minimum absolute atomic E-state index is 0.0880. The Morgan fingerprint density at radius 3 is 2.70 bits per heavy atom. The van der Waals surface area contributed by atoms with Gasteiger partial charge in [-0.05, 0) is 37.1 Å². The number of benzene rings is 1. The zero-order valence-electron chi connectivity index (χ0n) is 14.9. The summed E-state index contributed by atoms with van der Waals surface area (Å²) in [6, 6.07) is 13.9. The standard InChI is InChI=1S/C21H20N4OS/c26-20-17-9-3-4-10-18(17)23-21(25(20)16-7-1-2-8-16)27-14-15-13-24-12-6-5-11-19(24)22-15/h3-6,9-13,16H,1-2,7-8,14H2. The van der Waals surface area contributed by atoms with Gasteiger partial charge in [0.1, 0.15) is 5.65 Å². The van der Waals surface area contributed by atoms with E-state index in [0.717, 1.165) is 34.9 Å². The van der Waals surface area contributed by atoms with Gasteiger partial charge in [-0.1, -0.05) is 42.8 Å². The number of aromatic nitrogens is 4. The molecule has 1 saturated carbocycles. The van der Waals surface area contributed by atoms with Gasteiger partial charge < -0.3 is 4.40 Å². The highest BCUT2D eigenvalue weighted by molar-refractivity contribution is 7.98. The van der Waals surface area contributed by atoms with Crippen LogP contribution >= 0.6 is 11.8 Å². The highest BCUT2D eigenvalue weighted by Crippen LogP contribution is 2.33. The third-order valence-corrected chi connectivity index (χ3v) is 6.21. The molecule has 0 unspecified atom stereocenters. The third kappa shape index (κ3) is 3.04. The third-order valence-electron chi connectivity index (χ3n) is 5.23. The summed E-state index contributed by atoms with van der Waals surface area (Å²) < 4.78 is 3.96. The van der Waals surface area contributed by atoms with Crippen molar-refractivity contribution in [2.75, 3.05) is 0 Å². The van der Waals surface area contributed by atoms with E-state index in [0.29, 0.717) is 11.1 Å². The number of rotatable bonds is 4. The monoisotopic (exact) mass is 376 g/mol. The maximum Gasteiger partial charge on any atom is 0.262 e. The highest BCUT2D eigenvalue weighted by Gasteiger charge is 2.23. The molecule has 4 aromatic rings. The van der Waals surface area contributed by atoms with Crippen LogP contribution in [0.15, 0.2) is 64.8 Å². The van der Waals surface area contributed by atoms with Crippen molar-refractivity contribution in [2.45, 2.75) is 42.6 Å². The molecule has 0 bridgehead atoms. The lowest BCUT2D eigenvalue weighted by molar-refractivity contribution is 0.457. The molecule has 0 atom stereocenters. The molecule has 27 heavy (non-hydrogen) atoms. The van der Waals surface area contributed by atoms with Crippen molar-refractivity contribution in [3.63, 3.8) is 0 Å². The van der Waals surface area contributed by atoms with Gasteiger partial charge >= 0.3 is 0 Å². The summed E-state index contributed by atoms with van der Waals surface area (Å²) in [6.45, 7) is 0. The molecular weight excluding hydrogens is 356 g/mol. The van der Waals surface area contributed by atoms with E-state index in [2.05, 4.69) is 4.98 Å². The number of hydrogen-bond acceptors (Lipinski definition) is 4. The Morgan fingerprint density at radius 1 is 1.04 bits per heavy atom. The Hall–Kier alpha value is -2.60. The Labute approximate surface area is 161 Å². The maximum atomic E-state index is 13.2. The summed E-state index contributed by atoms with van der Waals surface area (Å²) in [6.07, 6.45) is 8.52. The molecule has 5 rings (SSSR count). The van der Waals surface area contributed by atoms with Gasteiger partial charge in [0.2, 0.25) is 0 Å². The first-order valence-corrected chi connectivity index (χ1v) is 10.3. The zero-order valence-corrected chi connectivity index (χ0v) is 15.7. The average Bonchev–Trinajstić information content (AvgIpc) is 3.36. The van der Waals surface area contributed by atoms with E-state index < -0.39 is 0 Å². The largest absolute Gasteiger partial charge is 0.307 e. The molecule has 6 heteroatoms. The number of fused-ring (bicyclic) bond motifs is 2. The molecule has 136 valence electrons. The number of imidazole rings is 1. The number of hydrogen-bond donors (Lipinski definition) is 0. The fraction of sp³-hybridized carbons (Fsp3) is 0.286. The Kier molecular flexibility index (Phi) is 4.20.